The molecule has 8 heteroatoms. The molecule has 0 amide bonds. The van der Waals surface area contributed by atoms with Crippen molar-refractivity contribution in [3.63, 3.8) is 0 Å². The van der Waals surface area contributed by atoms with Crippen molar-refractivity contribution in [3.05, 3.63) is 23.2 Å². The quantitative estimate of drug-likeness (QED) is 0.883. The standard InChI is InChI=1S/C12H17ClN2O4S/c1-15-4-5-18-9(7-15)8-19-12-3-2-10(6-11(12)13)20(14,16)17/h2-3,6,9H,4-5,7-8H2,1H3,(H2,14,16,17). The number of nitrogens with two attached hydrogens (primary N) is 1. The molecule has 0 bridgehead atoms. The minimum atomic E-state index is -3.76. The lowest BCUT2D eigenvalue weighted by Crippen LogP contribution is -2.42. The van der Waals surface area contributed by atoms with Gasteiger partial charge in [-0.15, -0.1) is 0 Å². The maximum atomic E-state index is 11.2. The molecule has 1 unspecified atom stereocenters. The number of likely N-dealkylation sites (N-methyl/N-ethyl adjacent to an activating group) is 1. The lowest BCUT2D eigenvalue weighted by Gasteiger charge is -2.29. The van der Waals surface area contributed by atoms with Crippen LogP contribution in [0.25, 0.3) is 0 Å². The molecule has 0 radical (unpaired) electrons. The molecule has 1 fully saturated rings. The fraction of sp³-hybridized carbons (Fsp3) is 0.500. The van der Waals surface area contributed by atoms with Gasteiger partial charge in [-0.05, 0) is 25.2 Å². The van der Waals surface area contributed by atoms with Gasteiger partial charge in [0.1, 0.15) is 18.5 Å². The van der Waals surface area contributed by atoms with E-state index < -0.39 is 10.0 Å². The molecular formula is C12H17ClN2O4S. The van der Waals surface area contributed by atoms with Crippen LogP contribution in [0.5, 0.6) is 5.75 Å². The molecule has 6 nitrogen and oxygen atoms in total. The monoisotopic (exact) mass is 320 g/mol. The molecule has 0 aromatic heterocycles. The molecule has 1 heterocycles. The van der Waals surface area contributed by atoms with Crippen molar-refractivity contribution >= 4 is 21.6 Å². The Morgan fingerprint density at radius 1 is 1.55 bits per heavy atom. The fourth-order valence-corrected chi connectivity index (χ4v) is 2.77. The molecule has 0 aliphatic carbocycles. The van der Waals surface area contributed by atoms with Crippen LogP contribution in [-0.4, -0.2) is 52.8 Å². The number of rotatable bonds is 4. The summed E-state index contributed by atoms with van der Waals surface area (Å²) in [5.41, 5.74) is 0. The molecule has 0 spiro atoms. The van der Waals surface area contributed by atoms with Crippen LogP contribution >= 0.6 is 11.6 Å². The van der Waals surface area contributed by atoms with Gasteiger partial charge in [-0.3, -0.25) is 0 Å². The zero-order chi connectivity index (χ0) is 14.8. The van der Waals surface area contributed by atoms with Crippen LogP contribution in [-0.2, 0) is 14.8 Å². The second-order valence-corrected chi connectivity index (χ2v) is 6.67. The zero-order valence-corrected chi connectivity index (χ0v) is 12.7. The van der Waals surface area contributed by atoms with Crippen LogP contribution < -0.4 is 9.88 Å². The smallest absolute Gasteiger partial charge is 0.238 e. The minimum absolute atomic E-state index is 0.0252. The van der Waals surface area contributed by atoms with E-state index in [4.69, 9.17) is 26.2 Å². The van der Waals surface area contributed by atoms with E-state index in [1.165, 1.54) is 18.2 Å². The van der Waals surface area contributed by atoms with Gasteiger partial charge in [0.15, 0.2) is 0 Å². The molecule has 0 saturated carbocycles. The second-order valence-electron chi connectivity index (χ2n) is 4.70. The fourth-order valence-electron chi connectivity index (χ4n) is 1.93. The van der Waals surface area contributed by atoms with E-state index in [-0.39, 0.29) is 16.0 Å². The lowest BCUT2D eigenvalue weighted by atomic mass is 10.3. The highest BCUT2D eigenvalue weighted by molar-refractivity contribution is 7.89. The molecule has 1 aromatic carbocycles. The Balaban J connectivity index is 2.00. The number of nitrogens with zero attached hydrogens (tertiary/aromatic N) is 1. The Bertz CT molecular complexity index is 579. The number of sulfonamides is 1. The van der Waals surface area contributed by atoms with Crippen molar-refractivity contribution in [2.45, 2.75) is 11.0 Å². The van der Waals surface area contributed by atoms with Gasteiger partial charge in [0.25, 0.3) is 0 Å². The van der Waals surface area contributed by atoms with E-state index in [2.05, 4.69) is 4.90 Å². The Morgan fingerprint density at radius 2 is 2.30 bits per heavy atom. The highest BCUT2D eigenvalue weighted by atomic mass is 35.5. The van der Waals surface area contributed by atoms with Crippen LogP contribution in [0, 0.1) is 0 Å². The summed E-state index contributed by atoms with van der Waals surface area (Å²) in [6.45, 7) is 2.72. The van der Waals surface area contributed by atoms with Crippen LogP contribution in [0.4, 0.5) is 0 Å². The van der Waals surface area contributed by atoms with E-state index in [1.54, 1.807) is 0 Å². The molecule has 2 N–H and O–H groups in total. The number of halogens is 1. The Labute approximate surface area is 123 Å². The van der Waals surface area contributed by atoms with Crippen molar-refractivity contribution in [1.82, 2.24) is 4.90 Å². The second kappa shape index (κ2) is 6.28. The summed E-state index contributed by atoms with van der Waals surface area (Å²) in [6, 6.07) is 4.14. The average molecular weight is 321 g/mol. The van der Waals surface area contributed by atoms with Gasteiger partial charge in [-0.2, -0.15) is 0 Å². The van der Waals surface area contributed by atoms with Crippen LogP contribution in [0.3, 0.4) is 0 Å². The van der Waals surface area contributed by atoms with E-state index in [0.717, 1.165) is 13.1 Å². The van der Waals surface area contributed by atoms with Gasteiger partial charge < -0.3 is 14.4 Å². The molecule has 1 aromatic rings. The number of hydrogen-bond donors (Lipinski definition) is 1. The van der Waals surface area contributed by atoms with Gasteiger partial charge in [0.05, 0.1) is 16.5 Å². The first kappa shape index (κ1) is 15.5. The van der Waals surface area contributed by atoms with Crippen molar-refractivity contribution in [1.29, 1.82) is 0 Å². The maximum absolute atomic E-state index is 11.2. The minimum Gasteiger partial charge on any atom is -0.489 e. The van der Waals surface area contributed by atoms with E-state index >= 15 is 0 Å². The number of morpholine rings is 1. The molecule has 112 valence electrons. The topological polar surface area (TPSA) is 81.9 Å². The summed E-state index contributed by atoms with van der Waals surface area (Å²) in [6.07, 6.45) is -0.0252. The SMILES string of the molecule is CN1CCOC(COc2ccc(S(N)(=O)=O)cc2Cl)C1. The van der Waals surface area contributed by atoms with Crippen LogP contribution in [0.15, 0.2) is 23.1 Å². The van der Waals surface area contributed by atoms with Gasteiger partial charge in [0, 0.05) is 13.1 Å². The Morgan fingerprint density at radius 3 is 2.90 bits per heavy atom. The Hall–Kier alpha value is -0.860. The van der Waals surface area contributed by atoms with Crippen LogP contribution in [0.1, 0.15) is 0 Å². The normalized spacial score (nSPS) is 20.9. The molecule has 1 saturated heterocycles. The third-order valence-corrected chi connectivity index (χ3v) is 4.20. The summed E-state index contributed by atoms with van der Waals surface area (Å²) in [7, 11) is -1.74. The summed E-state index contributed by atoms with van der Waals surface area (Å²) in [5.74, 6) is 0.413. The largest absolute Gasteiger partial charge is 0.489 e. The Kier molecular flexibility index (Phi) is 4.87. The van der Waals surface area contributed by atoms with E-state index in [0.29, 0.717) is 19.0 Å². The van der Waals surface area contributed by atoms with Crippen molar-refractivity contribution < 1.29 is 17.9 Å². The molecule has 20 heavy (non-hydrogen) atoms. The van der Waals surface area contributed by atoms with Crippen molar-refractivity contribution in [2.75, 3.05) is 33.4 Å². The summed E-state index contributed by atoms with van der Waals surface area (Å²) < 4.78 is 33.5. The predicted octanol–water partition coefficient (Wildman–Crippen LogP) is 0.697. The summed E-state index contributed by atoms with van der Waals surface area (Å²) in [4.78, 5) is 2.12. The highest BCUT2D eigenvalue weighted by Crippen LogP contribution is 2.27. The molecule has 1 aliphatic rings. The van der Waals surface area contributed by atoms with E-state index in [9.17, 15) is 8.42 Å². The highest BCUT2D eigenvalue weighted by Gasteiger charge is 2.19. The van der Waals surface area contributed by atoms with Gasteiger partial charge in [0.2, 0.25) is 10.0 Å². The summed E-state index contributed by atoms with van der Waals surface area (Å²) in [5, 5.41) is 5.24. The lowest BCUT2D eigenvalue weighted by molar-refractivity contribution is -0.0403. The molecule has 1 atom stereocenters. The number of benzene rings is 1. The average Bonchev–Trinajstić information content (AvgIpc) is 2.36. The van der Waals surface area contributed by atoms with Crippen molar-refractivity contribution in [2.24, 2.45) is 5.14 Å². The maximum Gasteiger partial charge on any atom is 0.238 e. The molecular weight excluding hydrogens is 304 g/mol. The third-order valence-electron chi connectivity index (χ3n) is 3.00. The van der Waals surface area contributed by atoms with E-state index in [1.807, 2.05) is 7.05 Å². The molecule has 2 rings (SSSR count). The predicted molar refractivity (Wildman–Crippen MR) is 75.6 cm³/mol. The van der Waals surface area contributed by atoms with Crippen LogP contribution in [0.2, 0.25) is 5.02 Å². The summed E-state index contributed by atoms with van der Waals surface area (Å²) >= 11 is 5.99. The number of hydrogen-bond acceptors (Lipinski definition) is 5. The number of primary sulfonamides is 1. The first-order valence-corrected chi connectivity index (χ1v) is 8.04. The third kappa shape index (κ3) is 4.07. The van der Waals surface area contributed by atoms with Gasteiger partial charge >= 0.3 is 0 Å². The number of ether oxygens (including phenoxy) is 2. The van der Waals surface area contributed by atoms with Gasteiger partial charge in [-0.25, -0.2) is 13.6 Å². The van der Waals surface area contributed by atoms with Crippen molar-refractivity contribution in [3.8, 4) is 5.75 Å². The van der Waals surface area contributed by atoms with Gasteiger partial charge in [-0.1, -0.05) is 11.6 Å². The molecule has 1 aliphatic heterocycles. The zero-order valence-electron chi connectivity index (χ0n) is 11.1. The first-order chi connectivity index (χ1) is 9.36. The first-order valence-electron chi connectivity index (χ1n) is 6.11.